The van der Waals surface area contributed by atoms with Crippen molar-refractivity contribution in [1.82, 2.24) is 25.4 Å². The molecule has 0 bridgehead atoms. The van der Waals surface area contributed by atoms with Crippen LogP contribution in [0, 0.1) is 5.41 Å². The second-order valence-electron chi connectivity index (χ2n) is 8.50. The maximum absolute atomic E-state index is 9.45. The molecule has 1 aliphatic heterocycles. The summed E-state index contributed by atoms with van der Waals surface area (Å²) in [5.41, 5.74) is 4.70. The monoisotopic (exact) mass is 576 g/mol. The standard InChI is InChI=1S/C25H32N6O2.HI/c1-26-24(29-16-25(10-12-32)11-13-33-17-25)28-14-22-4-2-3-5-23(22)21-8-6-20(7-9-21)15-31-19-27-18-30-31;/h2-9,18-19,32H,10-17H2,1H3,(H2,26,28,29);1H. The molecule has 9 heteroatoms. The van der Waals surface area contributed by atoms with Crippen molar-refractivity contribution >= 4 is 29.9 Å². The Kier molecular flexibility index (Phi) is 9.85. The van der Waals surface area contributed by atoms with Gasteiger partial charge in [0.1, 0.15) is 12.7 Å². The Morgan fingerprint density at radius 1 is 1.18 bits per heavy atom. The van der Waals surface area contributed by atoms with E-state index in [0.717, 1.165) is 32.0 Å². The van der Waals surface area contributed by atoms with E-state index in [1.165, 1.54) is 22.3 Å². The lowest BCUT2D eigenvalue weighted by Crippen LogP contribution is -2.44. The largest absolute Gasteiger partial charge is 0.396 e. The molecule has 1 fully saturated rings. The molecule has 0 aliphatic carbocycles. The molecular formula is C25H33IN6O2. The van der Waals surface area contributed by atoms with Gasteiger partial charge in [0.2, 0.25) is 0 Å². The summed E-state index contributed by atoms with van der Waals surface area (Å²) in [5.74, 6) is 0.747. The second-order valence-corrected chi connectivity index (χ2v) is 8.50. The lowest BCUT2D eigenvalue weighted by atomic mass is 9.84. The Morgan fingerprint density at radius 2 is 2.00 bits per heavy atom. The Morgan fingerprint density at radius 3 is 2.68 bits per heavy atom. The van der Waals surface area contributed by atoms with Gasteiger partial charge in [-0.2, -0.15) is 5.10 Å². The molecule has 1 aliphatic rings. The van der Waals surface area contributed by atoms with E-state index in [1.54, 1.807) is 19.7 Å². The first-order chi connectivity index (χ1) is 16.2. The highest BCUT2D eigenvalue weighted by atomic mass is 127. The number of benzene rings is 2. The summed E-state index contributed by atoms with van der Waals surface area (Å²) in [4.78, 5) is 8.38. The van der Waals surface area contributed by atoms with Gasteiger partial charge in [-0.15, -0.1) is 24.0 Å². The zero-order valence-electron chi connectivity index (χ0n) is 19.5. The number of nitrogens with zero attached hydrogens (tertiary/aromatic N) is 4. The van der Waals surface area contributed by atoms with Gasteiger partial charge in [0.15, 0.2) is 5.96 Å². The SMILES string of the molecule is CN=C(NCc1ccccc1-c1ccc(Cn2cncn2)cc1)NCC1(CCO)CCOC1.I. The van der Waals surface area contributed by atoms with Crippen molar-refractivity contribution in [2.24, 2.45) is 10.4 Å². The van der Waals surface area contributed by atoms with Crippen LogP contribution in [0.3, 0.4) is 0 Å². The smallest absolute Gasteiger partial charge is 0.191 e. The average molecular weight is 576 g/mol. The van der Waals surface area contributed by atoms with Crippen molar-refractivity contribution in [3.63, 3.8) is 0 Å². The first-order valence-corrected chi connectivity index (χ1v) is 11.3. The molecule has 0 radical (unpaired) electrons. The number of halogens is 1. The summed E-state index contributed by atoms with van der Waals surface area (Å²) < 4.78 is 7.40. The van der Waals surface area contributed by atoms with E-state index in [-0.39, 0.29) is 36.0 Å². The maximum atomic E-state index is 9.45. The van der Waals surface area contributed by atoms with Crippen molar-refractivity contribution in [2.75, 3.05) is 33.4 Å². The number of rotatable bonds is 9. The zero-order chi connectivity index (χ0) is 22.9. The minimum atomic E-state index is -0.0295. The summed E-state index contributed by atoms with van der Waals surface area (Å²) >= 11 is 0. The van der Waals surface area contributed by atoms with Gasteiger partial charge < -0.3 is 20.5 Å². The lowest BCUT2D eigenvalue weighted by molar-refractivity contribution is 0.127. The third-order valence-electron chi connectivity index (χ3n) is 6.22. The van der Waals surface area contributed by atoms with Gasteiger partial charge >= 0.3 is 0 Å². The first kappa shape index (κ1) is 26.1. The van der Waals surface area contributed by atoms with Crippen molar-refractivity contribution in [2.45, 2.75) is 25.9 Å². The molecule has 1 saturated heterocycles. The van der Waals surface area contributed by atoms with Crippen LogP contribution in [0.15, 0.2) is 66.2 Å². The van der Waals surface area contributed by atoms with Crippen molar-refractivity contribution in [3.05, 3.63) is 72.3 Å². The van der Waals surface area contributed by atoms with Gasteiger partial charge in [0.25, 0.3) is 0 Å². The Hall–Kier alpha value is -2.50. The lowest BCUT2D eigenvalue weighted by Gasteiger charge is -2.27. The van der Waals surface area contributed by atoms with Gasteiger partial charge in [-0.05, 0) is 35.1 Å². The number of guanidine groups is 1. The topological polar surface area (TPSA) is 96.6 Å². The molecule has 1 aromatic heterocycles. The third kappa shape index (κ3) is 6.77. The van der Waals surface area contributed by atoms with E-state index in [0.29, 0.717) is 19.7 Å². The average Bonchev–Trinajstić information content (AvgIpc) is 3.53. The van der Waals surface area contributed by atoms with Gasteiger partial charge in [-0.1, -0.05) is 48.5 Å². The molecule has 0 spiro atoms. The molecule has 4 rings (SSSR count). The Balaban J connectivity index is 0.00000324. The predicted molar refractivity (Wildman–Crippen MR) is 144 cm³/mol. The normalized spacial score (nSPS) is 17.9. The second kappa shape index (κ2) is 12.8. The number of ether oxygens (including phenoxy) is 1. The predicted octanol–water partition coefficient (Wildman–Crippen LogP) is 3.07. The van der Waals surface area contributed by atoms with Crippen LogP contribution < -0.4 is 10.6 Å². The van der Waals surface area contributed by atoms with Crippen molar-refractivity contribution < 1.29 is 9.84 Å². The van der Waals surface area contributed by atoms with Gasteiger partial charge in [0.05, 0.1) is 13.2 Å². The number of aliphatic hydroxyl groups excluding tert-OH is 1. The summed E-state index contributed by atoms with van der Waals surface area (Å²) in [6.07, 6.45) is 4.95. The molecule has 3 aromatic rings. The van der Waals surface area contributed by atoms with Crippen LogP contribution in [-0.4, -0.2) is 59.2 Å². The Labute approximate surface area is 217 Å². The number of hydrogen-bond acceptors (Lipinski definition) is 5. The molecule has 34 heavy (non-hydrogen) atoms. The first-order valence-electron chi connectivity index (χ1n) is 11.3. The van der Waals surface area contributed by atoms with E-state index >= 15 is 0 Å². The van der Waals surface area contributed by atoms with Crippen LogP contribution in [-0.2, 0) is 17.8 Å². The maximum Gasteiger partial charge on any atom is 0.191 e. The van der Waals surface area contributed by atoms with Gasteiger partial charge in [-0.3, -0.25) is 4.99 Å². The Bertz CT molecular complexity index is 1030. The molecule has 182 valence electrons. The van der Waals surface area contributed by atoms with Crippen LogP contribution in [0.25, 0.3) is 11.1 Å². The zero-order valence-corrected chi connectivity index (χ0v) is 21.8. The van der Waals surface area contributed by atoms with Gasteiger partial charge in [-0.25, -0.2) is 9.67 Å². The number of aliphatic hydroxyl groups is 1. The van der Waals surface area contributed by atoms with E-state index in [4.69, 9.17) is 4.74 Å². The molecule has 1 unspecified atom stereocenters. The fourth-order valence-corrected chi connectivity index (χ4v) is 4.23. The molecule has 2 aromatic carbocycles. The number of hydrogen-bond donors (Lipinski definition) is 3. The molecule has 0 amide bonds. The molecule has 2 heterocycles. The minimum absolute atomic E-state index is 0. The van der Waals surface area contributed by atoms with E-state index in [2.05, 4.69) is 74.2 Å². The molecule has 1 atom stereocenters. The fraction of sp³-hybridized carbons (Fsp3) is 0.400. The molecular weight excluding hydrogens is 543 g/mol. The van der Waals surface area contributed by atoms with Crippen LogP contribution in [0.4, 0.5) is 0 Å². The van der Waals surface area contributed by atoms with E-state index in [1.807, 2.05) is 4.68 Å². The minimum Gasteiger partial charge on any atom is -0.396 e. The molecule has 8 nitrogen and oxygen atoms in total. The number of aromatic nitrogens is 3. The van der Waals surface area contributed by atoms with Crippen molar-refractivity contribution in [3.8, 4) is 11.1 Å². The van der Waals surface area contributed by atoms with E-state index in [9.17, 15) is 5.11 Å². The molecule has 3 N–H and O–H groups in total. The number of nitrogens with one attached hydrogen (secondary N) is 2. The highest BCUT2D eigenvalue weighted by molar-refractivity contribution is 14.0. The molecule has 0 saturated carbocycles. The summed E-state index contributed by atoms with van der Waals surface area (Å²) in [6.45, 7) is 3.67. The highest BCUT2D eigenvalue weighted by Gasteiger charge is 2.34. The van der Waals surface area contributed by atoms with Crippen LogP contribution in [0.2, 0.25) is 0 Å². The fourth-order valence-electron chi connectivity index (χ4n) is 4.23. The van der Waals surface area contributed by atoms with Crippen molar-refractivity contribution in [1.29, 1.82) is 0 Å². The summed E-state index contributed by atoms with van der Waals surface area (Å²) in [5, 5.41) is 20.5. The third-order valence-corrected chi connectivity index (χ3v) is 6.22. The highest BCUT2D eigenvalue weighted by Crippen LogP contribution is 2.31. The van der Waals surface area contributed by atoms with Gasteiger partial charge in [0, 0.05) is 38.8 Å². The van der Waals surface area contributed by atoms with Crippen LogP contribution >= 0.6 is 24.0 Å². The van der Waals surface area contributed by atoms with Crippen LogP contribution in [0.1, 0.15) is 24.0 Å². The summed E-state index contributed by atoms with van der Waals surface area (Å²) in [7, 11) is 1.78. The number of aliphatic imine (C=N–C) groups is 1. The summed E-state index contributed by atoms with van der Waals surface area (Å²) in [6, 6.07) is 17.0. The quantitative estimate of drug-likeness (QED) is 0.206. The van der Waals surface area contributed by atoms with Crippen LogP contribution in [0.5, 0.6) is 0 Å². The van der Waals surface area contributed by atoms with E-state index < -0.39 is 0 Å².